The van der Waals surface area contributed by atoms with E-state index in [2.05, 4.69) is 38.2 Å². The minimum absolute atomic E-state index is 0.117. The summed E-state index contributed by atoms with van der Waals surface area (Å²) in [6.45, 7) is 6.74. The Labute approximate surface area is 167 Å². The van der Waals surface area contributed by atoms with Crippen LogP contribution in [-0.2, 0) is 4.79 Å². The van der Waals surface area contributed by atoms with E-state index in [1.54, 1.807) is 6.08 Å². The molecule has 0 spiro atoms. The molecule has 1 amide bonds. The van der Waals surface area contributed by atoms with Gasteiger partial charge in [0.15, 0.2) is 0 Å². The molecule has 3 heteroatoms. The Balaban J connectivity index is 4.14. The highest BCUT2D eigenvalue weighted by atomic mass is 16.3. The summed E-state index contributed by atoms with van der Waals surface area (Å²) in [6, 6.07) is 0. The van der Waals surface area contributed by atoms with E-state index < -0.39 is 5.60 Å². The van der Waals surface area contributed by atoms with Gasteiger partial charge >= 0.3 is 0 Å². The van der Waals surface area contributed by atoms with Crippen molar-refractivity contribution in [3.05, 3.63) is 48.6 Å². The van der Waals surface area contributed by atoms with Gasteiger partial charge in [0, 0.05) is 6.54 Å². The van der Waals surface area contributed by atoms with Crippen LogP contribution in [-0.4, -0.2) is 23.2 Å². The van der Waals surface area contributed by atoms with Gasteiger partial charge in [0.05, 0.1) is 5.60 Å². The maximum Gasteiger partial charge on any atom is 0.243 e. The molecule has 0 aromatic carbocycles. The summed E-state index contributed by atoms with van der Waals surface area (Å²) >= 11 is 0. The summed E-state index contributed by atoms with van der Waals surface area (Å²) in [7, 11) is 0. The largest absolute Gasteiger partial charge is 0.388 e. The van der Waals surface area contributed by atoms with Gasteiger partial charge in [-0.2, -0.15) is 0 Å². The Kier molecular flexibility index (Phi) is 16.7. The highest BCUT2D eigenvalue weighted by molar-refractivity contribution is 5.87. The smallest absolute Gasteiger partial charge is 0.243 e. The number of amides is 1. The highest BCUT2D eigenvalue weighted by Crippen LogP contribution is 2.21. The maximum absolute atomic E-state index is 12.0. The van der Waals surface area contributed by atoms with Crippen LogP contribution in [0.15, 0.2) is 48.6 Å². The minimum Gasteiger partial charge on any atom is -0.388 e. The Bertz CT molecular complexity index is 477. The summed E-state index contributed by atoms with van der Waals surface area (Å²) < 4.78 is 0. The SMILES string of the molecule is CCC=CC=CC=CCCC=CC(=O)NCC(O)(CCCC)CCCCC. The van der Waals surface area contributed by atoms with Crippen LogP contribution in [0.2, 0.25) is 0 Å². The van der Waals surface area contributed by atoms with Crippen LogP contribution in [0.5, 0.6) is 0 Å². The molecular weight excluding hydrogens is 334 g/mol. The van der Waals surface area contributed by atoms with Gasteiger partial charge in [0.25, 0.3) is 0 Å². The molecule has 0 rings (SSSR count). The second-order valence-electron chi connectivity index (χ2n) is 7.13. The molecule has 0 heterocycles. The third-order valence-electron chi connectivity index (χ3n) is 4.44. The molecule has 0 aromatic rings. The second-order valence-corrected chi connectivity index (χ2v) is 7.13. The molecule has 0 saturated heterocycles. The third-order valence-corrected chi connectivity index (χ3v) is 4.44. The van der Waals surface area contributed by atoms with Crippen molar-refractivity contribution in [1.82, 2.24) is 5.32 Å². The molecule has 2 N–H and O–H groups in total. The Morgan fingerprint density at radius 1 is 0.852 bits per heavy atom. The maximum atomic E-state index is 12.0. The number of allylic oxidation sites excluding steroid dienone is 7. The summed E-state index contributed by atoms with van der Waals surface area (Å²) in [4.78, 5) is 12.0. The molecule has 0 bridgehead atoms. The molecule has 1 unspecified atom stereocenters. The van der Waals surface area contributed by atoms with Gasteiger partial charge in [0.2, 0.25) is 5.91 Å². The summed E-state index contributed by atoms with van der Waals surface area (Å²) in [5.74, 6) is -0.117. The van der Waals surface area contributed by atoms with Crippen molar-refractivity contribution in [2.24, 2.45) is 0 Å². The van der Waals surface area contributed by atoms with Crippen molar-refractivity contribution in [3.63, 3.8) is 0 Å². The number of unbranched alkanes of at least 4 members (excludes halogenated alkanes) is 4. The standard InChI is InChI=1S/C24H41NO2/c1-4-7-10-11-12-13-14-15-16-17-19-23(26)25-22-24(27,20-9-6-3)21-18-8-5-2/h7,10-14,17,19,27H,4-6,8-9,15-16,18,20-22H2,1-3H3,(H,25,26). The molecule has 0 aliphatic rings. The monoisotopic (exact) mass is 375 g/mol. The lowest BCUT2D eigenvalue weighted by molar-refractivity contribution is -0.118. The predicted octanol–water partition coefficient (Wildman–Crippen LogP) is 6.02. The van der Waals surface area contributed by atoms with Crippen molar-refractivity contribution < 1.29 is 9.90 Å². The van der Waals surface area contributed by atoms with Crippen molar-refractivity contribution in [1.29, 1.82) is 0 Å². The van der Waals surface area contributed by atoms with Crippen molar-refractivity contribution in [2.75, 3.05) is 6.54 Å². The van der Waals surface area contributed by atoms with Crippen molar-refractivity contribution in [3.8, 4) is 0 Å². The fourth-order valence-corrected chi connectivity index (χ4v) is 2.72. The van der Waals surface area contributed by atoms with Crippen LogP contribution in [0.3, 0.4) is 0 Å². The minimum atomic E-state index is -0.768. The van der Waals surface area contributed by atoms with E-state index >= 15 is 0 Å². The lowest BCUT2D eigenvalue weighted by Gasteiger charge is -2.28. The Morgan fingerprint density at radius 2 is 1.48 bits per heavy atom. The predicted molar refractivity (Wildman–Crippen MR) is 118 cm³/mol. The average molecular weight is 376 g/mol. The van der Waals surface area contributed by atoms with Gasteiger partial charge in [-0.05, 0) is 38.2 Å². The molecule has 27 heavy (non-hydrogen) atoms. The van der Waals surface area contributed by atoms with Crippen LogP contribution >= 0.6 is 0 Å². The number of hydrogen-bond acceptors (Lipinski definition) is 2. The van der Waals surface area contributed by atoms with E-state index in [9.17, 15) is 9.90 Å². The van der Waals surface area contributed by atoms with Gasteiger partial charge in [0.1, 0.15) is 0 Å². The molecule has 3 nitrogen and oxygen atoms in total. The van der Waals surface area contributed by atoms with E-state index in [0.29, 0.717) is 6.54 Å². The summed E-state index contributed by atoms with van der Waals surface area (Å²) in [6.07, 6.45) is 25.4. The van der Waals surface area contributed by atoms with Crippen LogP contribution in [0.1, 0.15) is 85.0 Å². The zero-order valence-corrected chi connectivity index (χ0v) is 17.8. The first-order valence-electron chi connectivity index (χ1n) is 10.7. The van der Waals surface area contributed by atoms with Gasteiger partial charge < -0.3 is 10.4 Å². The molecule has 0 aliphatic carbocycles. The molecule has 0 aromatic heterocycles. The first-order chi connectivity index (χ1) is 13.1. The molecular formula is C24H41NO2. The summed E-state index contributed by atoms with van der Waals surface area (Å²) in [5, 5.41) is 13.7. The lowest BCUT2D eigenvalue weighted by atomic mass is 9.90. The van der Waals surface area contributed by atoms with E-state index in [4.69, 9.17) is 0 Å². The zero-order valence-electron chi connectivity index (χ0n) is 17.8. The van der Waals surface area contributed by atoms with Gasteiger partial charge in [-0.1, -0.05) is 95.4 Å². The van der Waals surface area contributed by atoms with Crippen LogP contribution in [0.25, 0.3) is 0 Å². The highest BCUT2D eigenvalue weighted by Gasteiger charge is 2.25. The molecule has 0 aliphatic heterocycles. The van der Waals surface area contributed by atoms with Crippen molar-refractivity contribution >= 4 is 5.91 Å². The Morgan fingerprint density at radius 3 is 2.15 bits per heavy atom. The number of nitrogens with one attached hydrogen (secondary N) is 1. The van der Waals surface area contributed by atoms with E-state index in [0.717, 1.165) is 64.2 Å². The normalized spacial score (nSPS) is 14.7. The fraction of sp³-hybridized carbons (Fsp3) is 0.625. The molecule has 0 saturated carbocycles. The Hall–Kier alpha value is -1.61. The topological polar surface area (TPSA) is 49.3 Å². The molecule has 0 radical (unpaired) electrons. The molecule has 0 fully saturated rings. The average Bonchev–Trinajstić information content (AvgIpc) is 2.66. The number of rotatable bonds is 16. The third kappa shape index (κ3) is 16.3. The first kappa shape index (κ1) is 25.4. The van der Waals surface area contributed by atoms with E-state index in [-0.39, 0.29) is 5.91 Å². The van der Waals surface area contributed by atoms with Gasteiger partial charge in [-0.15, -0.1) is 0 Å². The number of carbonyl (C=O) groups is 1. The fourth-order valence-electron chi connectivity index (χ4n) is 2.72. The van der Waals surface area contributed by atoms with Crippen molar-refractivity contribution in [2.45, 2.75) is 90.6 Å². The molecule has 154 valence electrons. The van der Waals surface area contributed by atoms with E-state index in [1.165, 1.54) is 0 Å². The zero-order chi connectivity index (χ0) is 20.2. The lowest BCUT2D eigenvalue weighted by Crippen LogP contribution is -2.42. The first-order valence-corrected chi connectivity index (χ1v) is 10.7. The van der Waals surface area contributed by atoms with Gasteiger partial charge in [-0.3, -0.25) is 4.79 Å². The van der Waals surface area contributed by atoms with Crippen LogP contribution in [0.4, 0.5) is 0 Å². The second kappa shape index (κ2) is 17.8. The van der Waals surface area contributed by atoms with Crippen LogP contribution < -0.4 is 5.32 Å². The summed E-state index contributed by atoms with van der Waals surface area (Å²) in [5.41, 5.74) is -0.768. The van der Waals surface area contributed by atoms with Crippen LogP contribution in [0, 0.1) is 0 Å². The van der Waals surface area contributed by atoms with E-state index in [1.807, 2.05) is 30.4 Å². The number of carbonyl (C=O) groups excluding carboxylic acids is 1. The number of hydrogen-bond donors (Lipinski definition) is 2. The van der Waals surface area contributed by atoms with Gasteiger partial charge in [-0.25, -0.2) is 0 Å². The molecule has 1 atom stereocenters. The quantitative estimate of drug-likeness (QED) is 0.197. The number of aliphatic hydroxyl groups is 1.